The summed E-state index contributed by atoms with van der Waals surface area (Å²) in [7, 11) is 0. The number of alkyl halides is 3. The molecule has 0 saturated carbocycles. The molecule has 2 atom stereocenters. The summed E-state index contributed by atoms with van der Waals surface area (Å²) in [5.74, 6) is -0.904. The van der Waals surface area contributed by atoms with Crippen molar-refractivity contribution in [2.45, 2.75) is 50.6 Å². The maximum Gasteiger partial charge on any atom is 0.416 e. The number of ether oxygens (including phenoxy) is 1. The van der Waals surface area contributed by atoms with Crippen molar-refractivity contribution in [2.24, 2.45) is 4.99 Å². The fraction of sp³-hybridized carbons (Fsp3) is 0.400. The van der Waals surface area contributed by atoms with Gasteiger partial charge in [0.15, 0.2) is 5.17 Å². The van der Waals surface area contributed by atoms with Gasteiger partial charge in [0.25, 0.3) is 0 Å². The number of nitrogens with zero attached hydrogens (tertiary/aromatic N) is 2. The lowest BCUT2D eigenvalue weighted by molar-refractivity contribution is -0.137. The van der Waals surface area contributed by atoms with Gasteiger partial charge < -0.3 is 10.1 Å². The lowest BCUT2D eigenvalue weighted by Crippen LogP contribution is -2.38. The van der Waals surface area contributed by atoms with E-state index in [2.05, 4.69) is 5.32 Å². The zero-order valence-electron chi connectivity index (χ0n) is 19.7. The number of benzene rings is 2. The third-order valence-corrected chi connectivity index (χ3v) is 7.52. The van der Waals surface area contributed by atoms with Crippen molar-refractivity contribution in [3.63, 3.8) is 0 Å². The SMILES string of the molecule is Cc1cccc(C)c1N=C1SC(CC(=O)Nc2cc(C(F)(F)F)ccc2Cl)C(=O)N1CC1CCCO1. The number of carbonyl (C=O) groups excluding carboxylic acids is 2. The third-order valence-electron chi connectivity index (χ3n) is 6.02. The van der Waals surface area contributed by atoms with Crippen molar-refractivity contribution < 1.29 is 27.5 Å². The highest BCUT2D eigenvalue weighted by Gasteiger charge is 2.41. The Morgan fingerprint density at radius 2 is 1.97 bits per heavy atom. The summed E-state index contributed by atoms with van der Waals surface area (Å²) in [5.41, 5.74) is 1.57. The van der Waals surface area contributed by atoms with Crippen LogP contribution in [-0.2, 0) is 20.5 Å². The molecule has 2 heterocycles. The molecule has 0 spiro atoms. The van der Waals surface area contributed by atoms with Crippen LogP contribution < -0.4 is 5.32 Å². The Morgan fingerprint density at radius 3 is 2.61 bits per heavy atom. The molecule has 2 saturated heterocycles. The van der Waals surface area contributed by atoms with Gasteiger partial charge in [0.05, 0.1) is 34.6 Å². The molecule has 192 valence electrons. The van der Waals surface area contributed by atoms with E-state index in [-0.39, 0.29) is 29.1 Å². The lowest BCUT2D eigenvalue weighted by Gasteiger charge is -2.20. The van der Waals surface area contributed by atoms with Crippen molar-refractivity contribution in [3.05, 3.63) is 58.1 Å². The van der Waals surface area contributed by atoms with Gasteiger partial charge in [-0.05, 0) is 56.0 Å². The summed E-state index contributed by atoms with van der Waals surface area (Å²) in [6.45, 7) is 4.82. The van der Waals surface area contributed by atoms with Gasteiger partial charge in [-0.15, -0.1) is 0 Å². The number of anilines is 1. The van der Waals surface area contributed by atoms with Crippen LogP contribution in [0.5, 0.6) is 0 Å². The van der Waals surface area contributed by atoms with Crippen LogP contribution in [0.25, 0.3) is 0 Å². The molecule has 36 heavy (non-hydrogen) atoms. The number of thioether (sulfide) groups is 1. The highest BCUT2D eigenvalue weighted by Crippen LogP contribution is 2.36. The predicted octanol–water partition coefficient (Wildman–Crippen LogP) is 6.11. The molecule has 2 amide bonds. The van der Waals surface area contributed by atoms with Gasteiger partial charge in [0, 0.05) is 13.0 Å². The molecule has 0 bridgehead atoms. The van der Waals surface area contributed by atoms with Crippen LogP contribution >= 0.6 is 23.4 Å². The van der Waals surface area contributed by atoms with E-state index in [9.17, 15) is 22.8 Å². The summed E-state index contributed by atoms with van der Waals surface area (Å²) >= 11 is 7.17. The molecule has 2 aliphatic heterocycles. The molecule has 2 aromatic carbocycles. The van der Waals surface area contributed by atoms with Crippen molar-refractivity contribution >= 4 is 51.7 Å². The van der Waals surface area contributed by atoms with Crippen molar-refractivity contribution in [2.75, 3.05) is 18.5 Å². The second kappa shape index (κ2) is 10.8. The Labute approximate surface area is 216 Å². The molecule has 0 aliphatic carbocycles. The molecule has 6 nitrogen and oxygen atoms in total. The number of hydrogen-bond acceptors (Lipinski definition) is 5. The number of nitrogens with one attached hydrogen (secondary N) is 1. The first-order chi connectivity index (χ1) is 17.0. The molecule has 4 rings (SSSR count). The summed E-state index contributed by atoms with van der Waals surface area (Å²) in [6.07, 6.45) is -3.21. The van der Waals surface area contributed by atoms with E-state index in [1.165, 1.54) is 11.8 Å². The van der Waals surface area contributed by atoms with Crippen LogP contribution in [-0.4, -0.2) is 46.4 Å². The predicted molar refractivity (Wildman–Crippen MR) is 135 cm³/mol. The van der Waals surface area contributed by atoms with Gasteiger partial charge in [-0.2, -0.15) is 13.2 Å². The number of amidine groups is 1. The monoisotopic (exact) mass is 539 g/mol. The van der Waals surface area contributed by atoms with E-state index >= 15 is 0 Å². The first kappa shape index (κ1) is 26.5. The Morgan fingerprint density at radius 1 is 1.25 bits per heavy atom. The summed E-state index contributed by atoms with van der Waals surface area (Å²) in [6, 6.07) is 8.49. The number of amides is 2. The zero-order valence-corrected chi connectivity index (χ0v) is 21.3. The molecular weight excluding hydrogens is 515 g/mol. The zero-order chi connectivity index (χ0) is 26.0. The third kappa shape index (κ3) is 6.04. The van der Waals surface area contributed by atoms with E-state index in [1.807, 2.05) is 32.0 Å². The van der Waals surface area contributed by atoms with Gasteiger partial charge in [-0.3, -0.25) is 14.5 Å². The number of halogens is 4. The molecule has 2 unspecified atom stereocenters. The first-order valence-corrected chi connectivity index (χ1v) is 12.7. The standard InChI is InChI=1S/C25H25ClF3N3O3S/c1-14-5-3-6-15(2)22(14)31-24-32(13-17-7-4-10-35-17)23(34)20(36-24)12-21(33)30-19-11-16(25(27,28)29)8-9-18(19)26/h3,5-6,8-9,11,17,20H,4,7,10,12-13H2,1-2H3,(H,30,33). The normalized spacial score (nSPS) is 21.4. The van der Waals surface area contributed by atoms with E-state index in [0.29, 0.717) is 18.3 Å². The topological polar surface area (TPSA) is 71.0 Å². The van der Waals surface area contributed by atoms with Crippen LogP contribution in [0, 0.1) is 13.8 Å². The Kier molecular flexibility index (Phi) is 7.96. The van der Waals surface area contributed by atoms with Gasteiger partial charge in [-0.25, -0.2) is 4.99 Å². The smallest absolute Gasteiger partial charge is 0.376 e. The average molecular weight is 540 g/mol. The fourth-order valence-corrected chi connectivity index (χ4v) is 5.45. The van der Waals surface area contributed by atoms with Gasteiger partial charge in [-0.1, -0.05) is 41.6 Å². The summed E-state index contributed by atoms with van der Waals surface area (Å²) < 4.78 is 44.9. The average Bonchev–Trinajstić information content (AvgIpc) is 3.41. The van der Waals surface area contributed by atoms with Crippen molar-refractivity contribution in [1.29, 1.82) is 0 Å². The van der Waals surface area contributed by atoms with E-state index in [1.54, 1.807) is 4.90 Å². The van der Waals surface area contributed by atoms with Crippen LogP contribution in [0.3, 0.4) is 0 Å². The van der Waals surface area contributed by atoms with Crippen molar-refractivity contribution in [3.8, 4) is 0 Å². The number of aliphatic imine (C=N–C) groups is 1. The van der Waals surface area contributed by atoms with Gasteiger partial charge in [0.1, 0.15) is 5.25 Å². The molecule has 0 aromatic heterocycles. The fourth-order valence-electron chi connectivity index (χ4n) is 4.13. The highest BCUT2D eigenvalue weighted by molar-refractivity contribution is 8.15. The molecule has 0 radical (unpaired) electrons. The highest BCUT2D eigenvalue weighted by atomic mass is 35.5. The minimum absolute atomic E-state index is 0.0287. The first-order valence-electron chi connectivity index (χ1n) is 11.4. The molecule has 2 aliphatic rings. The number of para-hydroxylation sites is 1. The maximum absolute atomic E-state index is 13.3. The Balaban J connectivity index is 1.54. The van der Waals surface area contributed by atoms with E-state index < -0.39 is 22.9 Å². The second-order valence-electron chi connectivity index (χ2n) is 8.77. The lowest BCUT2D eigenvalue weighted by atomic mass is 10.1. The molecular formula is C25H25ClF3N3O3S. The van der Waals surface area contributed by atoms with E-state index in [0.717, 1.165) is 47.9 Å². The minimum atomic E-state index is -4.58. The molecule has 1 N–H and O–H groups in total. The van der Waals surface area contributed by atoms with Crippen LogP contribution in [0.15, 0.2) is 41.4 Å². The number of hydrogen-bond donors (Lipinski definition) is 1. The number of rotatable bonds is 6. The summed E-state index contributed by atoms with van der Waals surface area (Å²) in [4.78, 5) is 32.4. The van der Waals surface area contributed by atoms with Crippen LogP contribution in [0.1, 0.15) is 36.0 Å². The largest absolute Gasteiger partial charge is 0.416 e. The van der Waals surface area contributed by atoms with Gasteiger partial charge in [0.2, 0.25) is 11.8 Å². The number of carbonyl (C=O) groups is 2. The summed E-state index contributed by atoms with van der Waals surface area (Å²) in [5, 5.41) is 2.09. The second-order valence-corrected chi connectivity index (χ2v) is 10.3. The van der Waals surface area contributed by atoms with Gasteiger partial charge >= 0.3 is 6.18 Å². The van der Waals surface area contributed by atoms with Crippen molar-refractivity contribution in [1.82, 2.24) is 4.90 Å². The minimum Gasteiger partial charge on any atom is -0.376 e. The molecule has 11 heteroatoms. The maximum atomic E-state index is 13.3. The van der Waals surface area contributed by atoms with Crippen LogP contribution in [0.4, 0.5) is 24.5 Å². The number of aryl methyl sites for hydroxylation is 2. The quantitative estimate of drug-likeness (QED) is 0.480. The van der Waals surface area contributed by atoms with E-state index in [4.69, 9.17) is 21.3 Å². The Hall–Kier alpha value is -2.56. The molecule has 2 fully saturated rings. The van der Waals surface area contributed by atoms with Crippen LogP contribution in [0.2, 0.25) is 5.02 Å². The molecule has 2 aromatic rings. The Bertz CT molecular complexity index is 1180.